The Morgan fingerprint density at radius 3 is 3.00 bits per heavy atom. The zero-order chi connectivity index (χ0) is 14.0. The summed E-state index contributed by atoms with van der Waals surface area (Å²) in [6.07, 6.45) is 9.41. The summed E-state index contributed by atoms with van der Waals surface area (Å²) in [6, 6.07) is 4.21. The van der Waals surface area contributed by atoms with Crippen LogP contribution in [-0.4, -0.2) is 28.8 Å². The highest BCUT2D eigenvalue weighted by atomic mass is 32.2. The van der Waals surface area contributed by atoms with Gasteiger partial charge in [0.15, 0.2) is 0 Å². The average Bonchev–Trinajstić information content (AvgIpc) is 3.11. The SMILES string of the molecule is CSCCCCCCNCc1cn[nH]c1-c1cccs1. The van der Waals surface area contributed by atoms with Crippen LogP contribution in [0.3, 0.4) is 0 Å². The van der Waals surface area contributed by atoms with E-state index in [2.05, 4.69) is 39.3 Å². The van der Waals surface area contributed by atoms with Crippen molar-refractivity contribution in [1.82, 2.24) is 15.5 Å². The van der Waals surface area contributed by atoms with E-state index in [-0.39, 0.29) is 0 Å². The molecule has 2 rings (SSSR count). The van der Waals surface area contributed by atoms with Crippen molar-refractivity contribution in [3.05, 3.63) is 29.3 Å². The number of aromatic nitrogens is 2. The Morgan fingerprint density at radius 1 is 1.30 bits per heavy atom. The molecule has 0 atom stereocenters. The predicted molar refractivity (Wildman–Crippen MR) is 90.5 cm³/mol. The van der Waals surface area contributed by atoms with Crippen LogP contribution in [0.2, 0.25) is 0 Å². The molecule has 0 aliphatic rings. The highest BCUT2D eigenvalue weighted by Gasteiger charge is 2.07. The van der Waals surface area contributed by atoms with Gasteiger partial charge in [-0.1, -0.05) is 18.9 Å². The van der Waals surface area contributed by atoms with E-state index < -0.39 is 0 Å². The molecule has 2 aromatic rings. The van der Waals surface area contributed by atoms with E-state index in [1.54, 1.807) is 11.3 Å². The molecule has 0 aliphatic heterocycles. The molecule has 0 saturated heterocycles. The van der Waals surface area contributed by atoms with Crippen molar-refractivity contribution in [3.8, 4) is 10.6 Å². The lowest BCUT2D eigenvalue weighted by Crippen LogP contribution is -2.14. The Balaban J connectivity index is 1.64. The molecule has 0 unspecified atom stereocenters. The van der Waals surface area contributed by atoms with Crippen LogP contribution in [0.25, 0.3) is 10.6 Å². The maximum atomic E-state index is 4.17. The minimum atomic E-state index is 0.897. The third-order valence-electron chi connectivity index (χ3n) is 3.25. The van der Waals surface area contributed by atoms with E-state index >= 15 is 0 Å². The van der Waals surface area contributed by atoms with E-state index in [4.69, 9.17) is 0 Å². The lowest BCUT2D eigenvalue weighted by molar-refractivity contribution is 0.600. The van der Waals surface area contributed by atoms with Crippen LogP contribution in [0.4, 0.5) is 0 Å². The monoisotopic (exact) mass is 309 g/mol. The Kier molecular flexibility index (Phi) is 7.19. The zero-order valence-corrected chi connectivity index (χ0v) is 13.7. The number of thiophene rings is 1. The van der Waals surface area contributed by atoms with Crippen LogP contribution in [0.5, 0.6) is 0 Å². The molecule has 0 amide bonds. The molecule has 0 aliphatic carbocycles. The van der Waals surface area contributed by atoms with Crippen molar-refractivity contribution in [2.75, 3.05) is 18.6 Å². The van der Waals surface area contributed by atoms with Gasteiger partial charge in [0, 0.05) is 12.1 Å². The van der Waals surface area contributed by atoms with Gasteiger partial charge < -0.3 is 5.32 Å². The van der Waals surface area contributed by atoms with Gasteiger partial charge >= 0.3 is 0 Å². The van der Waals surface area contributed by atoms with E-state index in [1.807, 2.05) is 18.0 Å². The summed E-state index contributed by atoms with van der Waals surface area (Å²) in [4.78, 5) is 1.26. The van der Waals surface area contributed by atoms with Gasteiger partial charge in [0.25, 0.3) is 0 Å². The number of nitrogens with one attached hydrogen (secondary N) is 2. The first kappa shape index (κ1) is 15.6. The van der Waals surface area contributed by atoms with Crippen LogP contribution < -0.4 is 5.32 Å². The van der Waals surface area contributed by atoms with E-state index in [0.717, 1.165) is 18.8 Å². The van der Waals surface area contributed by atoms with Gasteiger partial charge in [-0.05, 0) is 42.8 Å². The van der Waals surface area contributed by atoms with Crippen LogP contribution in [0.15, 0.2) is 23.7 Å². The molecule has 0 saturated carbocycles. The fourth-order valence-corrected chi connectivity index (χ4v) is 3.40. The van der Waals surface area contributed by atoms with Gasteiger partial charge in [0.1, 0.15) is 0 Å². The smallest absolute Gasteiger partial charge is 0.0794 e. The van der Waals surface area contributed by atoms with Crippen LogP contribution in [-0.2, 0) is 6.54 Å². The second-order valence-electron chi connectivity index (χ2n) is 4.83. The Hall–Kier alpha value is -0.780. The highest BCUT2D eigenvalue weighted by molar-refractivity contribution is 7.98. The number of nitrogens with zero attached hydrogens (tertiary/aromatic N) is 1. The average molecular weight is 310 g/mol. The largest absolute Gasteiger partial charge is 0.313 e. The molecule has 0 spiro atoms. The fourth-order valence-electron chi connectivity index (χ4n) is 2.15. The third kappa shape index (κ3) is 4.96. The number of hydrogen-bond acceptors (Lipinski definition) is 4. The minimum absolute atomic E-state index is 0.897. The Morgan fingerprint density at radius 2 is 2.20 bits per heavy atom. The van der Waals surface area contributed by atoms with Crippen molar-refractivity contribution in [2.24, 2.45) is 0 Å². The topological polar surface area (TPSA) is 40.7 Å². The summed E-state index contributed by atoms with van der Waals surface area (Å²) in [7, 11) is 0. The molecular weight excluding hydrogens is 286 g/mol. The lowest BCUT2D eigenvalue weighted by Gasteiger charge is -2.05. The standard InChI is InChI=1S/C15H23N3S2/c1-19-9-5-3-2-4-8-16-11-13-12-17-18-15(13)14-7-6-10-20-14/h6-7,10,12,16H,2-5,8-9,11H2,1H3,(H,17,18). The molecule has 0 bridgehead atoms. The lowest BCUT2D eigenvalue weighted by atomic mass is 10.2. The molecule has 0 fully saturated rings. The van der Waals surface area contributed by atoms with Gasteiger partial charge in [0.2, 0.25) is 0 Å². The number of aromatic amines is 1. The first-order chi connectivity index (χ1) is 9.92. The van der Waals surface area contributed by atoms with Crippen LogP contribution in [0.1, 0.15) is 31.2 Å². The molecule has 5 heteroatoms. The van der Waals surface area contributed by atoms with Crippen LogP contribution >= 0.6 is 23.1 Å². The van der Waals surface area contributed by atoms with Crippen LogP contribution in [0, 0.1) is 0 Å². The van der Waals surface area contributed by atoms with E-state index in [0.29, 0.717) is 0 Å². The second kappa shape index (κ2) is 9.21. The van der Waals surface area contributed by atoms with Gasteiger partial charge in [0.05, 0.1) is 16.8 Å². The van der Waals surface area contributed by atoms with E-state index in [9.17, 15) is 0 Å². The second-order valence-corrected chi connectivity index (χ2v) is 6.76. The van der Waals surface area contributed by atoms with Gasteiger partial charge in [-0.3, -0.25) is 5.10 Å². The first-order valence-corrected chi connectivity index (χ1v) is 9.45. The molecule has 2 aromatic heterocycles. The summed E-state index contributed by atoms with van der Waals surface area (Å²) in [5.74, 6) is 1.30. The van der Waals surface area contributed by atoms with Gasteiger partial charge in [-0.25, -0.2) is 0 Å². The van der Waals surface area contributed by atoms with Gasteiger partial charge in [-0.15, -0.1) is 11.3 Å². The molecule has 20 heavy (non-hydrogen) atoms. The van der Waals surface area contributed by atoms with Gasteiger partial charge in [-0.2, -0.15) is 16.9 Å². The number of hydrogen-bond donors (Lipinski definition) is 2. The quantitative estimate of drug-likeness (QED) is 0.648. The fraction of sp³-hybridized carbons (Fsp3) is 0.533. The highest BCUT2D eigenvalue weighted by Crippen LogP contribution is 2.25. The van der Waals surface area contributed by atoms with Crippen molar-refractivity contribution in [2.45, 2.75) is 32.2 Å². The summed E-state index contributed by atoms with van der Waals surface area (Å²) < 4.78 is 0. The number of unbranched alkanes of at least 4 members (excludes halogenated alkanes) is 3. The number of rotatable bonds is 10. The van der Waals surface area contributed by atoms with Crippen molar-refractivity contribution >= 4 is 23.1 Å². The molecule has 0 aromatic carbocycles. The number of H-pyrrole nitrogens is 1. The van der Waals surface area contributed by atoms with Crippen molar-refractivity contribution in [3.63, 3.8) is 0 Å². The van der Waals surface area contributed by atoms with E-state index in [1.165, 1.54) is 41.9 Å². The maximum absolute atomic E-state index is 4.17. The molecule has 0 radical (unpaired) electrons. The molecule has 110 valence electrons. The normalized spacial score (nSPS) is 11.1. The van der Waals surface area contributed by atoms with Crippen molar-refractivity contribution < 1.29 is 0 Å². The predicted octanol–water partition coefficient (Wildman–Crippen LogP) is 4.15. The molecule has 2 heterocycles. The molecule has 2 N–H and O–H groups in total. The summed E-state index contributed by atoms with van der Waals surface area (Å²) in [5.41, 5.74) is 2.42. The summed E-state index contributed by atoms with van der Waals surface area (Å²) in [6.45, 7) is 1.99. The summed E-state index contributed by atoms with van der Waals surface area (Å²) in [5, 5.41) is 12.9. The minimum Gasteiger partial charge on any atom is -0.313 e. The first-order valence-electron chi connectivity index (χ1n) is 7.17. The zero-order valence-electron chi connectivity index (χ0n) is 12.0. The number of thioether (sulfide) groups is 1. The maximum Gasteiger partial charge on any atom is 0.0794 e. The third-order valence-corrected chi connectivity index (χ3v) is 4.84. The molecule has 3 nitrogen and oxygen atoms in total. The summed E-state index contributed by atoms with van der Waals surface area (Å²) >= 11 is 3.69. The Bertz CT molecular complexity index is 465. The Labute approximate surface area is 129 Å². The van der Waals surface area contributed by atoms with Crippen molar-refractivity contribution in [1.29, 1.82) is 0 Å². The molecular formula is C15H23N3S2.